The van der Waals surface area contributed by atoms with Crippen LogP contribution in [-0.4, -0.2) is 43.7 Å². The van der Waals surface area contributed by atoms with Gasteiger partial charge in [-0.3, -0.25) is 9.78 Å². The lowest BCUT2D eigenvalue weighted by Crippen LogP contribution is -2.38. The smallest absolute Gasteiger partial charge is 0.228 e. The van der Waals surface area contributed by atoms with Crippen molar-refractivity contribution >= 4 is 29.1 Å². The van der Waals surface area contributed by atoms with Crippen molar-refractivity contribution in [1.29, 1.82) is 0 Å². The summed E-state index contributed by atoms with van der Waals surface area (Å²) in [7, 11) is 0. The van der Waals surface area contributed by atoms with E-state index in [9.17, 15) is 4.79 Å². The minimum atomic E-state index is -0.0594. The lowest BCUT2D eigenvalue weighted by Gasteiger charge is -2.32. The maximum Gasteiger partial charge on any atom is 0.228 e. The summed E-state index contributed by atoms with van der Waals surface area (Å²) in [5, 5.41) is 7.88. The van der Waals surface area contributed by atoms with Gasteiger partial charge in [0.1, 0.15) is 11.6 Å². The summed E-state index contributed by atoms with van der Waals surface area (Å²) in [6.45, 7) is 5.42. The fourth-order valence-corrected chi connectivity index (χ4v) is 3.62. The molecule has 0 aromatic carbocycles. The number of carbonyl (C=O) groups excluding carboxylic acids is 1. The van der Waals surface area contributed by atoms with E-state index < -0.39 is 0 Å². The van der Waals surface area contributed by atoms with Gasteiger partial charge in [0.15, 0.2) is 5.82 Å². The molecule has 4 heterocycles. The molecule has 0 bridgehead atoms. The van der Waals surface area contributed by atoms with Gasteiger partial charge in [0, 0.05) is 30.9 Å². The molecule has 0 unspecified atom stereocenters. The highest BCUT2D eigenvalue weighted by molar-refractivity contribution is 6.30. The molecule has 0 spiro atoms. The third-order valence-corrected chi connectivity index (χ3v) is 5.23. The highest BCUT2D eigenvalue weighted by Gasteiger charge is 2.26. The summed E-state index contributed by atoms with van der Waals surface area (Å²) < 4.78 is 1.80. The molecule has 0 saturated carbocycles. The number of nitrogens with zero attached hydrogens (tertiary/aromatic N) is 6. The minimum absolute atomic E-state index is 0.0121. The van der Waals surface area contributed by atoms with Gasteiger partial charge in [0.2, 0.25) is 5.91 Å². The molecular weight excluding hydrogens is 390 g/mol. The quantitative estimate of drug-likeness (QED) is 0.709. The van der Waals surface area contributed by atoms with E-state index in [1.165, 1.54) is 6.20 Å². The van der Waals surface area contributed by atoms with Gasteiger partial charge in [0.25, 0.3) is 0 Å². The first kappa shape index (κ1) is 19.3. The standard InChI is InChI=1S/C20H22ClN7O/c1-13-9-14(2)28(26-13)19-12-22-11-18(25-19)27-7-5-15(6-8-27)20(29)24-17-4-3-16(21)10-23-17/h3-4,9-12,15H,5-8H2,1-2H3,(H,23,24,29). The topological polar surface area (TPSA) is 88.8 Å². The number of rotatable bonds is 4. The lowest BCUT2D eigenvalue weighted by molar-refractivity contribution is -0.120. The SMILES string of the molecule is Cc1cc(C)n(-c2cncc(N3CCC(C(=O)Nc4ccc(Cl)cn4)CC3)n2)n1. The molecule has 0 atom stereocenters. The first-order valence-corrected chi connectivity index (χ1v) is 9.90. The number of aromatic nitrogens is 5. The third-order valence-electron chi connectivity index (χ3n) is 5.00. The van der Waals surface area contributed by atoms with E-state index in [0.29, 0.717) is 16.7 Å². The van der Waals surface area contributed by atoms with Crippen molar-refractivity contribution in [3.05, 3.63) is 53.2 Å². The fourth-order valence-electron chi connectivity index (χ4n) is 3.51. The molecule has 9 heteroatoms. The molecule has 1 fully saturated rings. The van der Waals surface area contributed by atoms with Crippen molar-refractivity contribution in [2.45, 2.75) is 26.7 Å². The van der Waals surface area contributed by atoms with Gasteiger partial charge in [-0.05, 0) is 44.9 Å². The molecule has 3 aromatic rings. The zero-order valence-corrected chi connectivity index (χ0v) is 17.1. The third kappa shape index (κ3) is 4.37. The van der Waals surface area contributed by atoms with Crippen molar-refractivity contribution in [2.75, 3.05) is 23.3 Å². The Kier molecular flexibility index (Phi) is 5.44. The van der Waals surface area contributed by atoms with Crippen LogP contribution in [0.4, 0.5) is 11.6 Å². The molecule has 1 N–H and O–H groups in total. The molecule has 8 nitrogen and oxygen atoms in total. The minimum Gasteiger partial charge on any atom is -0.355 e. The van der Waals surface area contributed by atoms with Crippen molar-refractivity contribution in [3.8, 4) is 5.82 Å². The number of halogens is 1. The van der Waals surface area contributed by atoms with Crippen LogP contribution >= 0.6 is 11.6 Å². The van der Waals surface area contributed by atoms with Crippen molar-refractivity contribution in [2.24, 2.45) is 5.92 Å². The van der Waals surface area contributed by atoms with Gasteiger partial charge in [-0.15, -0.1) is 0 Å². The van der Waals surface area contributed by atoms with Gasteiger partial charge >= 0.3 is 0 Å². The number of nitrogens with one attached hydrogen (secondary N) is 1. The average molecular weight is 412 g/mol. The molecule has 1 saturated heterocycles. The number of pyridine rings is 1. The highest BCUT2D eigenvalue weighted by atomic mass is 35.5. The van der Waals surface area contributed by atoms with Crippen LogP contribution in [-0.2, 0) is 4.79 Å². The number of amides is 1. The van der Waals surface area contributed by atoms with Crippen LogP contribution in [0.2, 0.25) is 5.02 Å². The second-order valence-corrected chi connectivity index (χ2v) is 7.62. The van der Waals surface area contributed by atoms with E-state index in [-0.39, 0.29) is 11.8 Å². The molecule has 0 aliphatic carbocycles. The van der Waals surface area contributed by atoms with Crippen molar-refractivity contribution in [3.63, 3.8) is 0 Å². The van der Waals surface area contributed by atoms with Crippen molar-refractivity contribution in [1.82, 2.24) is 24.7 Å². The molecule has 3 aromatic heterocycles. The largest absolute Gasteiger partial charge is 0.355 e. The monoisotopic (exact) mass is 411 g/mol. The Balaban J connectivity index is 1.39. The van der Waals surface area contributed by atoms with E-state index in [1.54, 1.807) is 29.2 Å². The highest BCUT2D eigenvalue weighted by Crippen LogP contribution is 2.23. The Morgan fingerprint density at radius 2 is 1.90 bits per heavy atom. The molecule has 150 valence electrons. The number of carbonyl (C=O) groups is 1. The molecule has 4 rings (SSSR count). The number of piperidine rings is 1. The van der Waals surface area contributed by atoms with Gasteiger partial charge in [-0.25, -0.2) is 14.6 Å². The number of hydrogen-bond donors (Lipinski definition) is 1. The summed E-state index contributed by atoms with van der Waals surface area (Å²) in [4.78, 5) is 27.9. The van der Waals surface area contributed by atoms with Crippen LogP contribution in [0.25, 0.3) is 5.82 Å². The summed E-state index contributed by atoms with van der Waals surface area (Å²) in [6.07, 6.45) is 6.47. The first-order valence-electron chi connectivity index (χ1n) is 9.52. The summed E-state index contributed by atoms with van der Waals surface area (Å²) in [5.41, 5.74) is 1.96. The van der Waals surface area contributed by atoms with Gasteiger partial charge in [-0.2, -0.15) is 5.10 Å². The number of aryl methyl sites for hydroxylation is 2. The van der Waals surface area contributed by atoms with Crippen LogP contribution in [0.1, 0.15) is 24.2 Å². The zero-order valence-electron chi connectivity index (χ0n) is 16.3. The van der Waals surface area contributed by atoms with Crippen LogP contribution < -0.4 is 10.2 Å². The van der Waals surface area contributed by atoms with Crippen LogP contribution in [0, 0.1) is 19.8 Å². The normalized spacial score (nSPS) is 14.8. The summed E-state index contributed by atoms with van der Waals surface area (Å²) in [5.74, 6) is 1.94. The van der Waals surface area contributed by atoms with E-state index in [1.807, 2.05) is 19.9 Å². The number of hydrogen-bond acceptors (Lipinski definition) is 6. The Hall–Kier alpha value is -3.00. The van der Waals surface area contributed by atoms with Crippen LogP contribution in [0.5, 0.6) is 0 Å². The first-order chi connectivity index (χ1) is 14.0. The van der Waals surface area contributed by atoms with Crippen molar-refractivity contribution < 1.29 is 4.79 Å². The maximum atomic E-state index is 12.5. The van der Waals surface area contributed by atoms with Gasteiger partial charge in [-0.1, -0.05) is 11.6 Å². The Labute approximate surface area is 173 Å². The predicted octanol–water partition coefficient (Wildman–Crippen LogP) is 3.18. The van der Waals surface area contributed by atoms with Gasteiger partial charge in [0.05, 0.1) is 23.1 Å². The lowest BCUT2D eigenvalue weighted by atomic mass is 9.96. The maximum absolute atomic E-state index is 12.5. The molecule has 1 aliphatic heterocycles. The molecule has 1 amide bonds. The van der Waals surface area contributed by atoms with Crippen LogP contribution in [0.15, 0.2) is 36.8 Å². The predicted molar refractivity (Wildman–Crippen MR) is 111 cm³/mol. The fraction of sp³-hybridized carbons (Fsp3) is 0.350. The van der Waals surface area contributed by atoms with E-state index in [2.05, 4.69) is 25.3 Å². The molecule has 1 aliphatic rings. The molecular formula is C20H22ClN7O. The van der Waals surface area contributed by atoms with E-state index in [0.717, 1.165) is 43.1 Å². The van der Waals surface area contributed by atoms with E-state index >= 15 is 0 Å². The Morgan fingerprint density at radius 1 is 1.14 bits per heavy atom. The molecule has 0 radical (unpaired) electrons. The Bertz CT molecular complexity index is 1010. The van der Waals surface area contributed by atoms with Crippen LogP contribution in [0.3, 0.4) is 0 Å². The summed E-state index contributed by atoms with van der Waals surface area (Å²) >= 11 is 5.83. The zero-order chi connectivity index (χ0) is 20.4. The Morgan fingerprint density at radius 3 is 2.55 bits per heavy atom. The van der Waals surface area contributed by atoms with E-state index in [4.69, 9.17) is 16.6 Å². The summed E-state index contributed by atoms with van der Waals surface area (Å²) in [6, 6.07) is 5.42. The second-order valence-electron chi connectivity index (χ2n) is 7.19. The number of anilines is 2. The average Bonchev–Trinajstić information content (AvgIpc) is 3.08. The van der Waals surface area contributed by atoms with Gasteiger partial charge < -0.3 is 10.2 Å². The second kappa shape index (κ2) is 8.16. The molecule has 29 heavy (non-hydrogen) atoms.